The Hall–Kier alpha value is -2.62. The van der Waals surface area contributed by atoms with Crippen LogP contribution in [0.3, 0.4) is 0 Å². The molecule has 0 aliphatic heterocycles. The van der Waals surface area contributed by atoms with E-state index in [4.69, 9.17) is 0 Å². The largest absolute Gasteiger partial charge is 0.481 e. The summed E-state index contributed by atoms with van der Waals surface area (Å²) in [6.07, 6.45) is 0.298. The molecule has 1 amide bonds. The van der Waals surface area contributed by atoms with Crippen molar-refractivity contribution in [2.24, 2.45) is 5.92 Å². The van der Waals surface area contributed by atoms with E-state index < -0.39 is 11.9 Å². The number of hydrogen-bond donors (Lipinski definition) is 2. The van der Waals surface area contributed by atoms with Gasteiger partial charge >= 0.3 is 5.97 Å². The van der Waals surface area contributed by atoms with Crippen LogP contribution in [0.4, 0.5) is 5.69 Å². The number of carboxylic acid groups (broad SMARTS) is 1. The number of nitrogens with one attached hydrogen (secondary N) is 1. The molecule has 0 heterocycles. The molecule has 0 aliphatic carbocycles. The van der Waals surface area contributed by atoms with Crippen LogP contribution in [0.15, 0.2) is 42.5 Å². The predicted molar refractivity (Wildman–Crippen MR) is 95.2 cm³/mol. The zero-order valence-corrected chi connectivity index (χ0v) is 14.3. The molecule has 0 spiro atoms. The van der Waals surface area contributed by atoms with E-state index >= 15 is 0 Å². The fourth-order valence-electron chi connectivity index (χ4n) is 2.55. The molecule has 0 unspecified atom stereocenters. The van der Waals surface area contributed by atoms with Gasteiger partial charge in [-0.05, 0) is 49.9 Å². The SMILES string of the molecule is Cc1ccc(C[C@@H](CC(=O)Nc2cc(C)ccc2C)C(=O)O)cc1. The Bertz CT molecular complexity index is 735. The average molecular weight is 325 g/mol. The summed E-state index contributed by atoms with van der Waals surface area (Å²) < 4.78 is 0. The quantitative estimate of drug-likeness (QED) is 0.847. The van der Waals surface area contributed by atoms with Gasteiger partial charge in [0.05, 0.1) is 5.92 Å². The van der Waals surface area contributed by atoms with Crippen LogP contribution in [0.2, 0.25) is 0 Å². The Morgan fingerprint density at radius 3 is 2.25 bits per heavy atom. The first-order valence-electron chi connectivity index (χ1n) is 8.00. The summed E-state index contributed by atoms with van der Waals surface area (Å²) in [6.45, 7) is 5.85. The van der Waals surface area contributed by atoms with E-state index in [1.165, 1.54) is 0 Å². The zero-order valence-electron chi connectivity index (χ0n) is 14.3. The summed E-state index contributed by atoms with van der Waals surface area (Å²) in [4.78, 5) is 23.8. The highest BCUT2D eigenvalue weighted by Gasteiger charge is 2.22. The fraction of sp³-hybridized carbons (Fsp3) is 0.300. The topological polar surface area (TPSA) is 66.4 Å². The first-order valence-corrected chi connectivity index (χ1v) is 8.00. The molecule has 0 radical (unpaired) electrons. The number of carbonyl (C=O) groups excluding carboxylic acids is 1. The summed E-state index contributed by atoms with van der Waals surface area (Å²) in [7, 11) is 0. The summed E-state index contributed by atoms with van der Waals surface area (Å²) in [5, 5.41) is 12.3. The van der Waals surface area contributed by atoms with Crippen LogP contribution in [-0.4, -0.2) is 17.0 Å². The summed E-state index contributed by atoms with van der Waals surface area (Å²) in [5.41, 5.74) is 4.79. The molecule has 2 rings (SSSR count). The maximum absolute atomic E-state index is 12.3. The van der Waals surface area contributed by atoms with E-state index in [-0.39, 0.29) is 12.3 Å². The van der Waals surface area contributed by atoms with Gasteiger partial charge in [-0.2, -0.15) is 0 Å². The Balaban J connectivity index is 2.04. The number of carbonyl (C=O) groups is 2. The van der Waals surface area contributed by atoms with Crippen molar-refractivity contribution < 1.29 is 14.7 Å². The molecule has 0 aromatic heterocycles. The molecular weight excluding hydrogens is 302 g/mol. The number of aliphatic carboxylic acids is 1. The van der Waals surface area contributed by atoms with E-state index in [9.17, 15) is 14.7 Å². The average Bonchev–Trinajstić information content (AvgIpc) is 2.52. The molecule has 0 saturated heterocycles. The van der Waals surface area contributed by atoms with Crippen molar-refractivity contribution >= 4 is 17.6 Å². The Labute approximate surface area is 142 Å². The summed E-state index contributed by atoms with van der Waals surface area (Å²) in [5.74, 6) is -1.97. The minimum Gasteiger partial charge on any atom is -0.481 e. The normalized spacial score (nSPS) is 11.8. The highest BCUT2D eigenvalue weighted by Crippen LogP contribution is 2.19. The van der Waals surface area contributed by atoms with Crippen molar-refractivity contribution in [1.82, 2.24) is 0 Å². The third kappa shape index (κ3) is 4.95. The van der Waals surface area contributed by atoms with Crippen LogP contribution in [-0.2, 0) is 16.0 Å². The van der Waals surface area contributed by atoms with Crippen molar-refractivity contribution in [3.63, 3.8) is 0 Å². The molecule has 2 aromatic carbocycles. The van der Waals surface area contributed by atoms with Crippen molar-refractivity contribution in [3.05, 3.63) is 64.7 Å². The molecule has 1 atom stereocenters. The van der Waals surface area contributed by atoms with Gasteiger partial charge in [0.2, 0.25) is 5.91 Å². The second-order valence-electron chi connectivity index (χ2n) is 6.30. The van der Waals surface area contributed by atoms with Crippen LogP contribution in [0.1, 0.15) is 28.7 Å². The van der Waals surface area contributed by atoms with Crippen molar-refractivity contribution in [1.29, 1.82) is 0 Å². The second-order valence-corrected chi connectivity index (χ2v) is 6.30. The number of hydrogen-bond acceptors (Lipinski definition) is 2. The molecule has 0 saturated carbocycles. The molecule has 4 nitrogen and oxygen atoms in total. The Morgan fingerprint density at radius 1 is 1.00 bits per heavy atom. The molecule has 2 N–H and O–H groups in total. The van der Waals surface area contributed by atoms with Crippen LogP contribution < -0.4 is 5.32 Å². The number of amides is 1. The maximum atomic E-state index is 12.3. The molecule has 0 bridgehead atoms. The van der Waals surface area contributed by atoms with Gasteiger partial charge in [-0.1, -0.05) is 42.0 Å². The van der Waals surface area contributed by atoms with Gasteiger partial charge in [-0.15, -0.1) is 0 Å². The minimum atomic E-state index is -0.952. The highest BCUT2D eigenvalue weighted by molar-refractivity contribution is 5.93. The van der Waals surface area contributed by atoms with Crippen molar-refractivity contribution in [3.8, 4) is 0 Å². The third-order valence-electron chi connectivity index (χ3n) is 4.05. The number of benzene rings is 2. The van der Waals surface area contributed by atoms with Gasteiger partial charge < -0.3 is 10.4 Å². The van der Waals surface area contributed by atoms with Gasteiger partial charge in [-0.25, -0.2) is 0 Å². The Morgan fingerprint density at radius 2 is 1.62 bits per heavy atom. The molecule has 126 valence electrons. The maximum Gasteiger partial charge on any atom is 0.307 e. The predicted octanol–water partition coefficient (Wildman–Crippen LogP) is 3.88. The van der Waals surface area contributed by atoms with Gasteiger partial charge in [0.25, 0.3) is 0 Å². The molecule has 4 heteroatoms. The number of aryl methyl sites for hydroxylation is 3. The van der Waals surface area contributed by atoms with Gasteiger partial charge in [0, 0.05) is 12.1 Å². The van der Waals surface area contributed by atoms with Gasteiger partial charge in [0.1, 0.15) is 0 Å². The monoisotopic (exact) mass is 325 g/mol. The lowest BCUT2D eigenvalue weighted by Gasteiger charge is -2.14. The van der Waals surface area contributed by atoms with Gasteiger partial charge in [0.15, 0.2) is 0 Å². The van der Waals surface area contributed by atoms with Gasteiger partial charge in [-0.3, -0.25) is 9.59 Å². The molecular formula is C20H23NO3. The minimum absolute atomic E-state index is 0.0450. The Kier molecular flexibility index (Phi) is 5.74. The lowest BCUT2D eigenvalue weighted by Crippen LogP contribution is -2.24. The van der Waals surface area contributed by atoms with E-state index in [0.29, 0.717) is 6.42 Å². The van der Waals surface area contributed by atoms with E-state index in [0.717, 1.165) is 27.9 Å². The summed E-state index contributed by atoms with van der Waals surface area (Å²) in [6, 6.07) is 13.5. The first kappa shape index (κ1) is 17.7. The second kappa shape index (κ2) is 7.77. The smallest absolute Gasteiger partial charge is 0.307 e. The number of carboxylic acids is 1. The lowest BCUT2D eigenvalue weighted by molar-refractivity contribution is -0.143. The molecule has 2 aromatic rings. The van der Waals surface area contributed by atoms with E-state index in [1.54, 1.807) is 0 Å². The third-order valence-corrected chi connectivity index (χ3v) is 4.05. The van der Waals surface area contributed by atoms with Crippen molar-refractivity contribution in [2.75, 3.05) is 5.32 Å². The van der Waals surface area contributed by atoms with Crippen LogP contribution in [0.25, 0.3) is 0 Å². The van der Waals surface area contributed by atoms with Crippen LogP contribution >= 0.6 is 0 Å². The molecule has 0 aliphatic rings. The molecule has 0 fully saturated rings. The summed E-state index contributed by atoms with van der Waals surface area (Å²) >= 11 is 0. The zero-order chi connectivity index (χ0) is 17.7. The molecule has 24 heavy (non-hydrogen) atoms. The lowest BCUT2D eigenvalue weighted by atomic mass is 9.95. The number of anilines is 1. The first-order chi connectivity index (χ1) is 11.3. The fourth-order valence-corrected chi connectivity index (χ4v) is 2.55. The van der Waals surface area contributed by atoms with Crippen LogP contribution in [0.5, 0.6) is 0 Å². The van der Waals surface area contributed by atoms with E-state index in [1.807, 2.05) is 63.2 Å². The van der Waals surface area contributed by atoms with E-state index in [2.05, 4.69) is 5.32 Å². The standard InChI is InChI=1S/C20H23NO3/c1-13-5-8-16(9-6-13)11-17(20(23)24)12-19(22)21-18-10-14(2)4-7-15(18)3/h4-10,17H,11-12H2,1-3H3,(H,21,22)(H,23,24)/t17-/m0/s1. The van der Waals surface area contributed by atoms with Crippen molar-refractivity contribution in [2.45, 2.75) is 33.6 Å². The highest BCUT2D eigenvalue weighted by atomic mass is 16.4. The van der Waals surface area contributed by atoms with Crippen LogP contribution in [0, 0.1) is 26.7 Å². The number of rotatable bonds is 6.